The summed E-state index contributed by atoms with van der Waals surface area (Å²) in [6.07, 6.45) is 4.97. The molecule has 4 saturated heterocycles. The number of nitrogens with zero attached hydrogens (tertiary/aromatic N) is 4. The summed E-state index contributed by atoms with van der Waals surface area (Å²) >= 11 is 0. The maximum Gasteiger partial charge on any atom is 0.254 e. The van der Waals surface area contributed by atoms with Crippen LogP contribution in [0.5, 0.6) is 0 Å². The highest BCUT2D eigenvalue weighted by molar-refractivity contribution is 5.86. The van der Waals surface area contributed by atoms with Crippen LogP contribution in [0, 0.1) is 12.8 Å². The molecule has 0 saturated carbocycles. The van der Waals surface area contributed by atoms with Crippen LogP contribution in [-0.4, -0.2) is 45.9 Å². The molecule has 1 spiro atoms. The fourth-order valence-electron chi connectivity index (χ4n) is 4.14. The van der Waals surface area contributed by atoms with E-state index >= 15 is 0 Å². The molecule has 0 unspecified atom stereocenters. The Kier molecular flexibility index (Phi) is 3.74. The molecule has 2 aromatic heterocycles. The zero-order valence-electron chi connectivity index (χ0n) is 13.5. The van der Waals surface area contributed by atoms with E-state index in [0.717, 1.165) is 29.9 Å². The highest BCUT2D eigenvalue weighted by Crippen LogP contribution is 2.42. The van der Waals surface area contributed by atoms with E-state index in [1.54, 1.807) is 6.20 Å². The molecule has 8 heteroatoms. The molecule has 4 fully saturated rings. The van der Waals surface area contributed by atoms with Gasteiger partial charge in [-0.05, 0) is 44.8 Å². The summed E-state index contributed by atoms with van der Waals surface area (Å²) in [6, 6.07) is 1.92. The Bertz CT molecular complexity index is 799. The number of hydrogen-bond donors (Lipinski definition) is 1. The normalized spacial score (nSPS) is 33.1. The Morgan fingerprint density at radius 2 is 2.21 bits per heavy atom. The van der Waals surface area contributed by atoms with E-state index in [2.05, 4.69) is 25.3 Å². The molecule has 0 aliphatic carbocycles. The summed E-state index contributed by atoms with van der Waals surface area (Å²) < 4.78 is 5.54. The van der Waals surface area contributed by atoms with Crippen molar-refractivity contribution in [1.82, 2.24) is 20.3 Å². The maximum absolute atomic E-state index is 5.99. The van der Waals surface area contributed by atoms with Crippen molar-refractivity contribution >= 4 is 35.3 Å². The summed E-state index contributed by atoms with van der Waals surface area (Å²) in [5, 5.41) is 0.899. The van der Waals surface area contributed by atoms with E-state index in [1.807, 2.05) is 13.0 Å². The van der Waals surface area contributed by atoms with Crippen molar-refractivity contribution in [2.75, 3.05) is 19.6 Å². The minimum atomic E-state index is -0.124. The van der Waals surface area contributed by atoms with Gasteiger partial charge in [0, 0.05) is 19.2 Å². The van der Waals surface area contributed by atoms with E-state index in [1.165, 1.54) is 25.9 Å². The molecule has 2 aromatic rings. The van der Waals surface area contributed by atoms with Gasteiger partial charge < -0.3 is 9.32 Å². The number of aliphatic imine (C=N–C) groups is 1. The van der Waals surface area contributed by atoms with Gasteiger partial charge in [-0.1, -0.05) is 0 Å². The van der Waals surface area contributed by atoms with Crippen molar-refractivity contribution in [3.05, 3.63) is 18.0 Å². The maximum atomic E-state index is 5.99. The van der Waals surface area contributed by atoms with Gasteiger partial charge in [-0.2, -0.15) is 9.98 Å². The third kappa shape index (κ3) is 2.47. The van der Waals surface area contributed by atoms with Gasteiger partial charge in [-0.25, -0.2) is 4.98 Å². The molecule has 7 nitrogen and oxygen atoms in total. The molecule has 6 rings (SSSR count). The van der Waals surface area contributed by atoms with Gasteiger partial charge in [0.25, 0.3) is 5.95 Å². The zero-order chi connectivity index (χ0) is 15.4. The first-order valence-corrected chi connectivity index (χ1v) is 8.17. The van der Waals surface area contributed by atoms with Crippen LogP contribution in [0.4, 0.5) is 5.95 Å². The monoisotopic (exact) mass is 349 g/mol. The smallest absolute Gasteiger partial charge is 0.254 e. The van der Waals surface area contributed by atoms with Crippen LogP contribution in [-0.2, 0) is 4.84 Å². The van der Waals surface area contributed by atoms with Crippen LogP contribution in [0.15, 0.2) is 21.7 Å². The summed E-state index contributed by atoms with van der Waals surface area (Å²) in [6.45, 7) is 5.28. The van der Waals surface area contributed by atoms with Gasteiger partial charge in [-0.15, -0.1) is 12.4 Å². The molecule has 6 heterocycles. The Hall–Kier alpha value is -1.70. The van der Waals surface area contributed by atoms with Crippen LogP contribution in [0.1, 0.15) is 25.0 Å². The fourth-order valence-corrected chi connectivity index (χ4v) is 4.14. The minimum Gasteiger partial charge on any atom is -0.443 e. The van der Waals surface area contributed by atoms with Gasteiger partial charge in [0.1, 0.15) is 17.2 Å². The largest absolute Gasteiger partial charge is 0.443 e. The third-order valence-electron chi connectivity index (χ3n) is 5.28. The van der Waals surface area contributed by atoms with Crippen molar-refractivity contribution in [3.63, 3.8) is 0 Å². The summed E-state index contributed by atoms with van der Waals surface area (Å²) in [7, 11) is 0. The molecule has 0 aromatic carbocycles. The first-order chi connectivity index (χ1) is 11.2. The highest BCUT2D eigenvalue weighted by atomic mass is 35.5. The van der Waals surface area contributed by atoms with Gasteiger partial charge >= 0.3 is 0 Å². The van der Waals surface area contributed by atoms with Gasteiger partial charge in [0.05, 0.1) is 5.39 Å². The number of furan rings is 1. The minimum absolute atomic E-state index is 0. The second-order valence-electron chi connectivity index (χ2n) is 6.84. The topological polar surface area (TPSA) is 75.8 Å². The standard InChI is InChI=1S/C16H19N5O2.ClH/c1-10-6-11-8-17-15(19-14(11)22-10)18-13-7-16(23-20-13)9-21-4-2-12(16)3-5-21;/h6,8,12H,2-5,7,9H2,1H3,(H,17,18,19,20);1H/t16-;/m0./s1. The van der Waals surface area contributed by atoms with Crippen molar-refractivity contribution in [2.45, 2.75) is 31.8 Å². The van der Waals surface area contributed by atoms with E-state index in [4.69, 9.17) is 9.25 Å². The fraction of sp³-hybridized carbons (Fsp3) is 0.562. The van der Waals surface area contributed by atoms with Crippen LogP contribution < -0.4 is 5.48 Å². The number of halogens is 1. The average molecular weight is 350 g/mol. The summed E-state index contributed by atoms with van der Waals surface area (Å²) in [5.74, 6) is 2.66. The first kappa shape index (κ1) is 15.8. The van der Waals surface area contributed by atoms with Gasteiger partial charge in [-0.3, -0.25) is 10.3 Å². The number of hydroxylamine groups is 1. The molecule has 4 aliphatic heterocycles. The number of aromatic nitrogens is 2. The zero-order valence-corrected chi connectivity index (χ0v) is 14.3. The Labute approximate surface area is 145 Å². The van der Waals surface area contributed by atoms with Crippen LogP contribution in [0.3, 0.4) is 0 Å². The van der Waals surface area contributed by atoms with Crippen LogP contribution >= 0.6 is 12.4 Å². The van der Waals surface area contributed by atoms with E-state index in [0.29, 0.717) is 17.6 Å². The third-order valence-corrected chi connectivity index (χ3v) is 5.28. The predicted molar refractivity (Wildman–Crippen MR) is 91.6 cm³/mol. The van der Waals surface area contributed by atoms with E-state index < -0.39 is 0 Å². The SMILES string of the molecule is Cc1cc2cnc(N=C3C[C@@]4(CN5CCC4CC5)ON3)nc2o1.Cl. The lowest BCUT2D eigenvalue weighted by molar-refractivity contribution is -0.150. The number of aryl methyl sites for hydroxylation is 1. The van der Waals surface area contributed by atoms with Crippen molar-refractivity contribution in [3.8, 4) is 0 Å². The summed E-state index contributed by atoms with van der Waals surface area (Å²) in [4.78, 5) is 21.7. The number of nitrogens with one attached hydrogen (secondary N) is 1. The lowest BCUT2D eigenvalue weighted by Crippen LogP contribution is -2.59. The summed E-state index contributed by atoms with van der Waals surface area (Å²) in [5.41, 5.74) is 3.47. The highest BCUT2D eigenvalue weighted by Gasteiger charge is 2.52. The molecule has 0 amide bonds. The number of rotatable bonds is 1. The Balaban J connectivity index is 0.00000146. The molecule has 0 radical (unpaired) electrons. The quantitative estimate of drug-likeness (QED) is 0.851. The van der Waals surface area contributed by atoms with E-state index in [9.17, 15) is 0 Å². The molecule has 4 aliphatic rings. The first-order valence-electron chi connectivity index (χ1n) is 8.17. The molecular formula is C16H20ClN5O2. The van der Waals surface area contributed by atoms with Gasteiger partial charge in [0.2, 0.25) is 5.71 Å². The van der Waals surface area contributed by atoms with Crippen LogP contribution in [0.2, 0.25) is 0 Å². The second-order valence-corrected chi connectivity index (χ2v) is 6.84. The number of hydrogen-bond acceptors (Lipinski definition) is 6. The van der Waals surface area contributed by atoms with Crippen molar-refractivity contribution < 1.29 is 9.25 Å². The number of fused-ring (bicyclic) bond motifs is 3. The second kappa shape index (κ2) is 5.68. The number of piperidine rings is 3. The molecule has 2 bridgehead atoms. The lowest BCUT2D eigenvalue weighted by atomic mass is 9.74. The van der Waals surface area contributed by atoms with Crippen molar-refractivity contribution in [2.24, 2.45) is 10.9 Å². The molecule has 128 valence electrons. The Morgan fingerprint density at radius 3 is 2.96 bits per heavy atom. The molecular weight excluding hydrogens is 330 g/mol. The van der Waals surface area contributed by atoms with Gasteiger partial charge in [0.15, 0.2) is 0 Å². The van der Waals surface area contributed by atoms with Crippen LogP contribution in [0.25, 0.3) is 11.1 Å². The molecule has 1 atom stereocenters. The van der Waals surface area contributed by atoms with Crippen molar-refractivity contribution in [1.29, 1.82) is 0 Å². The predicted octanol–water partition coefficient (Wildman–Crippen LogP) is 2.37. The molecule has 24 heavy (non-hydrogen) atoms. The lowest BCUT2D eigenvalue weighted by Gasteiger charge is -2.49. The number of amidine groups is 1. The van der Waals surface area contributed by atoms with E-state index in [-0.39, 0.29) is 18.0 Å². The average Bonchev–Trinajstić information content (AvgIpc) is 3.11. The molecule has 1 N–H and O–H groups in total. The Morgan fingerprint density at radius 1 is 1.38 bits per heavy atom.